The summed E-state index contributed by atoms with van der Waals surface area (Å²) in [4.78, 5) is 12.4. The molecule has 31 heavy (non-hydrogen) atoms. The van der Waals surface area contributed by atoms with Crippen LogP contribution in [-0.2, 0) is 19.6 Å². The first kappa shape index (κ1) is 23.6. The number of benzene rings is 2. The molecule has 2 aromatic rings. The first-order chi connectivity index (χ1) is 14.9. The van der Waals surface area contributed by atoms with Crippen LogP contribution in [0.25, 0.3) is 0 Å². The van der Waals surface area contributed by atoms with Crippen LogP contribution in [-0.4, -0.2) is 63.0 Å². The normalized spacial score (nSPS) is 14.9. The van der Waals surface area contributed by atoms with Gasteiger partial charge in [0.05, 0.1) is 30.5 Å². The van der Waals surface area contributed by atoms with Crippen LogP contribution in [0, 0.1) is 13.8 Å². The Kier molecular flexibility index (Phi) is 8.36. The Balaban J connectivity index is 1.47. The number of nitrogens with one attached hydrogen (secondary N) is 1. The molecule has 0 saturated carbocycles. The van der Waals surface area contributed by atoms with E-state index in [1.807, 2.05) is 32.0 Å². The van der Waals surface area contributed by atoms with Crippen molar-refractivity contribution in [1.82, 2.24) is 4.31 Å². The number of carbonyl (C=O) groups excluding carboxylic acids is 1. The van der Waals surface area contributed by atoms with Crippen LogP contribution in [0.4, 0.5) is 5.69 Å². The van der Waals surface area contributed by atoms with Crippen LogP contribution >= 0.6 is 11.8 Å². The SMILES string of the molecule is Cc1cccc(C)c1OCCSCC(=O)Nc1cccc(S(=O)(=O)N2CCOCC2)c1. The van der Waals surface area contributed by atoms with Gasteiger partial charge in [0.15, 0.2) is 0 Å². The summed E-state index contributed by atoms with van der Waals surface area (Å²) >= 11 is 1.47. The summed E-state index contributed by atoms with van der Waals surface area (Å²) < 4.78 is 38.0. The van der Waals surface area contributed by atoms with E-state index >= 15 is 0 Å². The minimum atomic E-state index is -3.60. The van der Waals surface area contributed by atoms with Crippen LogP contribution in [0.3, 0.4) is 0 Å². The van der Waals surface area contributed by atoms with Crippen molar-refractivity contribution in [2.24, 2.45) is 0 Å². The number of amides is 1. The molecule has 0 unspecified atom stereocenters. The molecule has 1 amide bonds. The third-order valence-corrected chi connectivity index (χ3v) is 7.66. The first-order valence-electron chi connectivity index (χ1n) is 10.1. The van der Waals surface area contributed by atoms with Gasteiger partial charge in [0.1, 0.15) is 5.75 Å². The fourth-order valence-corrected chi connectivity index (χ4v) is 5.32. The number of hydrogen-bond acceptors (Lipinski definition) is 6. The summed E-state index contributed by atoms with van der Waals surface area (Å²) in [7, 11) is -3.60. The van der Waals surface area contributed by atoms with Crippen molar-refractivity contribution < 1.29 is 22.7 Å². The van der Waals surface area contributed by atoms with Crippen LogP contribution in [0.5, 0.6) is 5.75 Å². The molecule has 1 aliphatic rings. The number of ether oxygens (including phenoxy) is 2. The molecule has 0 spiro atoms. The molecule has 1 heterocycles. The Morgan fingerprint density at radius 1 is 1.13 bits per heavy atom. The van der Waals surface area contributed by atoms with E-state index in [0.717, 1.165) is 16.9 Å². The maximum Gasteiger partial charge on any atom is 0.243 e. The van der Waals surface area contributed by atoms with Crippen molar-refractivity contribution in [3.63, 3.8) is 0 Å². The molecule has 3 rings (SSSR count). The van der Waals surface area contributed by atoms with Crippen LogP contribution < -0.4 is 10.1 Å². The van der Waals surface area contributed by atoms with Gasteiger partial charge < -0.3 is 14.8 Å². The molecule has 0 aliphatic carbocycles. The van der Waals surface area contributed by atoms with Crippen molar-refractivity contribution >= 4 is 33.4 Å². The van der Waals surface area contributed by atoms with E-state index in [0.29, 0.717) is 44.4 Å². The highest BCUT2D eigenvalue weighted by atomic mass is 32.2. The number of thioether (sulfide) groups is 1. The Morgan fingerprint density at radius 3 is 2.52 bits per heavy atom. The summed E-state index contributed by atoms with van der Waals surface area (Å²) in [6.45, 7) is 5.98. The molecule has 168 valence electrons. The smallest absolute Gasteiger partial charge is 0.243 e. The topological polar surface area (TPSA) is 84.9 Å². The number of aryl methyl sites for hydroxylation is 2. The molecule has 2 aromatic carbocycles. The number of sulfonamides is 1. The molecular weight excluding hydrogens is 436 g/mol. The van der Waals surface area contributed by atoms with Gasteiger partial charge in [-0.1, -0.05) is 24.3 Å². The minimum absolute atomic E-state index is 0.168. The molecule has 1 saturated heterocycles. The lowest BCUT2D eigenvalue weighted by molar-refractivity contribution is -0.113. The Morgan fingerprint density at radius 2 is 1.81 bits per heavy atom. The highest BCUT2D eigenvalue weighted by Gasteiger charge is 2.26. The lowest BCUT2D eigenvalue weighted by atomic mass is 10.1. The second-order valence-electron chi connectivity index (χ2n) is 7.21. The molecule has 1 fully saturated rings. The quantitative estimate of drug-likeness (QED) is 0.574. The van der Waals surface area contributed by atoms with E-state index in [9.17, 15) is 13.2 Å². The van der Waals surface area contributed by atoms with Crippen LogP contribution in [0.2, 0.25) is 0 Å². The maximum atomic E-state index is 12.8. The third-order valence-electron chi connectivity index (χ3n) is 4.84. The summed E-state index contributed by atoms with van der Waals surface area (Å²) in [5.41, 5.74) is 2.65. The highest BCUT2D eigenvalue weighted by molar-refractivity contribution is 7.99. The molecular formula is C22H28N2O5S2. The monoisotopic (exact) mass is 464 g/mol. The predicted octanol–water partition coefficient (Wildman–Crippen LogP) is 3.08. The zero-order valence-corrected chi connectivity index (χ0v) is 19.4. The van der Waals surface area contributed by atoms with Crippen molar-refractivity contribution in [3.05, 3.63) is 53.6 Å². The molecule has 9 heteroatoms. The molecule has 0 radical (unpaired) electrons. The average Bonchev–Trinajstić information content (AvgIpc) is 2.76. The number of nitrogens with zero attached hydrogens (tertiary/aromatic N) is 1. The second-order valence-corrected chi connectivity index (χ2v) is 10.3. The molecule has 0 aromatic heterocycles. The third kappa shape index (κ3) is 6.46. The van der Waals surface area contributed by atoms with Crippen LogP contribution in [0.15, 0.2) is 47.4 Å². The van der Waals surface area contributed by atoms with Crippen LogP contribution in [0.1, 0.15) is 11.1 Å². The fourth-order valence-electron chi connectivity index (χ4n) is 3.26. The van der Waals surface area contributed by atoms with Gasteiger partial charge in [0.2, 0.25) is 15.9 Å². The number of rotatable bonds is 9. The highest BCUT2D eigenvalue weighted by Crippen LogP contribution is 2.23. The summed E-state index contributed by atoms with van der Waals surface area (Å²) in [6, 6.07) is 12.4. The summed E-state index contributed by atoms with van der Waals surface area (Å²) in [5.74, 6) is 1.65. The molecule has 7 nitrogen and oxygen atoms in total. The van der Waals surface area contributed by atoms with E-state index in [2.05, 4.69) is 5.32 Å². The predicted molar refractivity (Wildman–Crippen MR) is 123 cm³/mol. The minimum Gasteiger partial charge on any atom is -0.492 e. The molecule has 0 bridgehead atoms. The largest absolute Gasteiger partial charge is 0.492 e. The van der Waals surface area contributed by atoms with Gasteiger partial charge in [0.25, 0.3) is 0 Å². The van der Waals surface area contributed by atoms with Gasteiger partial charge in [-0.25, -0.2) is 8.42 Å². The van der Waals surface area contributed by atoms with Crippen molar-refractivity contribution in [1.29, 1.82) is 0 Å². The Bertz CT molecular complexity index is 984. The Hall–Kier alpha value is -2.07. The van der Waals surface area contributed by atoms with Crippen molar-refractivity contribution in [2.45, 2.75) is 18.7 Å². The lowest BCUT2D eigenvalue weighted by Gasteiger charge is -2.26. The number of para-hydroxylation sites is 1. The fraction of sp³-hybridized carbons (Fsp3) is 0.409. The van der Waals surface area contributed by atoms with E-state index < -0.39 is 10.0 Å². The number of hydrogen-bond donors (Lipinski definition) is 1. The van der Waals surface area contributed by atoms with E-state index in [1.54, 1.807) is 18.2 Å². The summed E-state index contributed by atoms with van der Waals surface area (Å²) in [6.07, 6.45) is 0. The number of carbonyl (C=O) groups is 1. The van der Waals surface area contributed by atoms with E-state index in [-0.39, 0.29) is 16.6 Å². The zero-order valence-electron chi connectivity index (χ0n) is 17.8. The maximum absolute atomic E-state index is 12.8. The summed E-state index contributed by atoms with van der Waals surface area (Å²) in [5, 5.41) is 2.78. The second kappa shape index (κ2) is 11.0. The first-order valence-corrected chi connectivity index (χ1v) is 12.7. The Labute approximate surface area is 188 Å². The molecule has 1 N–H and O–H groups in total. The standard InChI is InChI=1S/C22H28N2O5S2/c1-17-5-3-6-18(2)22(17)29-13-14-30-16-21(25)23-19-7-4-8-20(15-19)31(26,27)24-9-11-28-12-10-24/h3-8,15H,9-14,16H2,1-2H3,(H,23,25). The number of morpholine rings is 1. The number of anilines is 1. The van der Waals surface area contributed by atoms with Gasteiger partial charge in [-0.2, -0.15) is 4.31 Å². The van der Waals surface area contributed by atoms with Gasteiger partial charge in [-0.15, -0.1) is 11.8 Å². The molecule has 1 aliphatic heterocycles. The average molecular weight is 465 g/mol. The van der Waals surface area contributed by atoms with Gasteiger partial charge in [-0.3, -0.25) is 4.79 Å². The van der Waals surface area contributed by atoms with Gasteiger partial charge in [-0.05, 0) is 43.2 Å². The lowest BCUT2D eigenvalue weighted by Crippen LogP contribution is -2.40. The zero-order chi connectivity index (χ0) is 22.3. The van der Waals surface area contributed by atoms with E-state index in [1.165, 1.54) is 22.1 Å². The van der Waals surface area contributed by atoms with Crippen molar-refractivity contribution in [2.75, 3.05) is 49.7 Å². The van der Waals surface area contributed by atoms with Gasteiger partial charge >= 0.3 is 0 Å². The van der Waals surface area contributed by atoms with Crippen molar-refractivity contribution in [3.8, 4) is 5.75 Å². The van der Waals surface area contributed by atoms with Gasteiger partial charge in [0, 0.05) is 24.5 Å². The molecule has 0 atom stereocenters. The van der Waals surface area contributed by atoms with E-state index in [4.69, 9.17) is 9.47 Å².